The molecule has 2 aromatic carbocycles. The lowest BCUT2D eigenvalue weighted by molar-refractivity contribution is 0.0950. The van der Waals surface area contributed by atoms with Crippen molar-refractivity contribution in [2.45, 2.75) is 6.92 Å². The molecule has 3 aromatic rings. The third kappa shape index (κ3) is 4.49. The smallest absolute Gasteiger partial charge is 0.253 e. The maximum absolute atomic E-state index is 12.9. The van der Waals surface area contributed by atoms with Crippen LogP contribution in [-0.2, 0) is 0 Å². The summed E-state index contributed by atoms with van der Waals surface area (Å²) in [6.45, 7) is 3.34. The van der Waals surface area contributed by atoms with Crippen molar-refractivity contribution in [3.63, 3.8) is 0 Å². The van der Waals surface area contributed by atoms with E-state index in [-0.39, 0.29) is 5.91 Å². The van der Waals surface area contributed by atoms with Crippen molar-refractivity contribution in [3.8, 4) is 28.4 Å². The summed E-state index contributed by atoms with van der Waals surface area (Å²) in [5.74, 6) is 1.22. The van der Waals surface area contributed by atoms with Gasteiger partial charge >= 0.3 is 0 Å². The first-order valence-electron chi connectivity index (χ1n) is 9.89. The fourth-order valence-electron chi connectivity index (χ4n) is 3.44. The van der Waals surface area contributed by atoms with Gasteiger partial charge in [-0.1, -0.05) is 30.3 Å². The molecule has 0 radical (unpaired) electrons. The van der Waals surface area contributed by atoms with Gasteiger partial charge in [0.05, 0.1) is 25.5 Å². The van der Waals surface area contributed by atoms with Crippen LogP contribution in [0.1, 0.15) is 16.1 Å². The quantitative estimate of drug-likeness (QED) is 0.618. The van der Waals surface area contributed by atoms with E-state index in [2.05, 4.69) is 9.88 Å². The summed E-state index contributed by atoms with van der Waals surface area (Å²) in [6.07, 6.45) is 0. The van der Waals surface area contributed by atoms with E-state index in [0.717, 1.165) is 29.2 Å². The Balaban J connectivity index is 2.09. The van der Waals surface area contributed by atoms with E-state index in [1.807, 2.05) is 80.5 Å². The van der Waals surface area contributed by atoms with Crippen LogP contribution in [0, 0.1) is 6.92 Å². The lowest BCUT2D eigenvalue weighted by Crippen LogP contribution is -2.31. The molecule has 0 aliphatic heterocycles. The number of amides is 1. The molecule has 30 heavy (non-hydrogen) atoms. The number of methoxy groups -OCH3 is 2. The van der Waals surface area contributed by atoms with E-state index < -0.39 is 0 Å². The second-order valence-corrected chi connectivity index (χ2v) is 7.33. The topological polar surface area (TPSA) is 55.7 Å². The third-order valence-corrected chi connectivity index (χ3v) is 5.03. The van der Waals surface area contributed by atoms with E-state index in [1.54, 1.807) is 14.2 Å². The van der Waals surface area contributed by atoms with E-state index in [1.165, 1.54) is 0 Å². The van der Waals surface area contributed by atoms with Gasteiger partial charge in [0.25, 0.3) is 5.91 Å². The number of carbonyl (C=O) groups excluding carboxylic acids is 1. The standard InChI is InChI=1S/C24H29N3O3/c1-17-20(24(28)25-13-14-26(2)3)16-21(18-9-7-6-8-10-18)27(17)19-11-12-22(29-4)23(15-19)30-5/h6-12,15-16H,13-14H2,1-5H3,(H,25,28). The molecule has 0 saturated heterocycles. The fourth-order valence-corrected chi connectivity index (χ4v) is 3.44. The number of benzene rings is 2. The highest BCUT2D eigenvalue weighted by Gasteiger charge is 2.20. The first-order chi connectivity index (χ1) is 14.5. The molecule has 1 amide bonds. The van der Waals surface area contributed by atoms with Gasteiger partial charge in [0.1, 0.15) is 0 Å². The van der Waals surface area contributed by atoms with Crippen molar-refractivity contribution in [2.24, 2.45) is 0 Å². The first-order valence-corrected chi connectivity index (χ1v) is 9.89. The fraction of sp³-hybridized carbons (Fsp3) is 0.292. The molecule has 1 aromatic heterocycles. The summed E-state index contributed by atoms with van der Waals surface area (Å²) in [5.41, 5.74) is 4.39. The van der Waals surface area contributed by atoms with Crippen molar-refractivity contribution in [1.82, 2.24) is 14.8 Å². The molecule has 0 fully saturated rings. The molecule has 0 atom stereocenters. The maximum atomic E-state index is 12.9. The summed E-state index contributed by atoms with van der Waals surface area (Å²) >= 11 is 0. The lowest BCUT2D eigenvalue weighted by atomic mass is 10.1. The number of carbonyl (C=O) groups is 1. The largest absolute Gasteiger partial charge is 0.493 e. The summed E-state index contributed by atoms with van der Waals surface area (Å²) in [5, 5.41) is 3.02. The number of aromatic nitrogens is 1. The maximum Gasteiger partial charge on any atom is 0.253 e. The van der Waals surface area contributed by atoms with Gasteiger partial charge in [-0.25, -0.2) is 0 Å². The molecule has 3 rings (SSSR count). The van der Waals surface area contributed by atoms with Crippen molar-refractivity contribution in [1.29, 1.82) is 0 Å². The molecule has 6 heteroatoms. The zero-order valence-electron chi connectivity index (χ0n) is 18.2. The second kappa shape index (κ2) is 9.50. The van der Waals surface area contributed by atoms with E-state index in [0.29, 0.717) is 23.6 Å². The number of nitrogens with zero attached hydrogens (tertiary/aromatic N) is 2. The molecular weight excluding hydrogens is 378 g/mol. The zero-order valence-corrected chi connectivity index (χ0v) is 18.2. The molecule has 158 valence electrons. The Kier molecular flexibility index (Phi) is 6.79. The minimum Gasteiger partial charge on any atom is -0.493 e. The van der Waals surface area contributed by atoms with Gasteiger partial charge in [0.2, 0.25) is 0 Å². The average Bonchev–Trinajstić information content (AvgIpc) is 3.10. The SMILES string of the molecule is COc1ccc(-n2c(-c3ccccc3)cc(C(=O)NCCN(C)C)c2C)cc1OC. The average molecular weight is 408 g/mol. The predicted octanol–water partition coefficient (Wildman–Crippen LogP) is 3.76. The Morgan fingerprint density at radius 3 is 2.33 bits per heavy atom. The third-order valence-electron chi connectivity index (χ3n) is 5.03. The van der Waals surface area contributed by atoms with Crippen molar-refractivity contribution < 1.29 is 14.3 Å². The Morgan fingerprint density at radius 1 is 1.00 bits per heavy atom. The predicted molar refractivity (Wildman–Crippen MR) is 120 cm³/mol. The Hall–Kier alpha value is -3.25. The molecule has 0 aliphatic rings. The number of rotatable bonds is 8. The monoisotopic (exact) mass is 407 g/mol. The number of hydrogen-bond acceptors (Lipinski definition) is 4. The van der Waals surface area contributed by atoms with Gasteiger partial charge in [0, 0.05) is 30.5 Å². The van der Waals surface area contributed by atoms with Crippen LogP contribution in [0.5, 0.6) is 11.5 Å². The van der Waals surface area contributed by atoms with Gasteiger partial charge in [-0.15, -0.1) is 0 Å². The molecule has 0 spiro atoms. The van der Waals surface area contributed by atoms with Crippen LogP contribution in [0.25, 0.3) is 16.9 Å². The van der Waals surface area contributed by atoms with E-state index >= 15 is 0 Å². The second-order valence-electron chi connectivity index (χ2n) is 7.33. The summed E-state index contributed by atoms with van der Waals surface area (Å²) < 4.78 is 12.9. The van der Waals surface area contributed by atoms with Gasteiger partial charge < -0.3 is 24.3 Å². The number of hydrogen-bond donors (Lipinski definition) is 1. The van der Waals surface area contributed by atoms with Crippen molar-refractivity contribution in [3.05, 3.63) is 65.9 Å². The van der Waals surface area contributed by atoms with Gasteiger partial charge in [-0.2, -0.15) is 0 Å². The van der Waals surface area contributed by atoms with Crippen LogP contribution in [0.2, 0.25) is 0 Å². The molecule has 0 saturated carbocycles. The van der Waals surface area contributed by atoms with Crippen LogP contribution in [0.3, 0.4) is 0 Å². The summed E-state index contributed by atoms with van der Waals surface area (Å²) in [4.78, 5) is 15.0. The van der Waals surface area contributed by atoms with Gasteiger partial charge in [0.15, 0.2) is 11.5 Å². The molecule has 1 N–H and O–H groups in total. The van der Waals surface area contributed by atoms with E-state index in [9.17, 15) is 4.79 Å². The molecule has 0 unspecified atom stereocenters. The lowest BCUT2D eigenvalue weighted by Gasteiger charge is -2.15. The summed E-state index contributed by atoms with van der Waals surface area (Å²) in [6, 6.07) is 17.8. The van der Waals surface area contributed by atoms with Crippen LogP contribution in [0.4, 0.5) is 0 Å². The highest BCUT2D eigenvalue weighted by atomic mass is 16.5. The van der Waals surface area contributed by atoms with Crippen molar-refractivity contribution in [2.75, 3.05) is 41.4 Å². The van der Waals surface area contributed by atoms with Crippen LogP contribution in [0.15, 0.2) is 54.6 Å². The Bertz CT molecular complexity index is 1010. The molecule has 0 aliphatic carbocycles. The molecule has 6 nitrogen and oxygen atoms in total. The number of likely N-dealkylation sites (N-methyl/N-ethyl adjacent to an activating group) is 1. The zero-order chi connectivity index (χ0) is 21.7. The van der Waals surface area contributed by atoms with Crippen molar-refractivity contribution >= 4 is 5.91 Å². The molecule has 0 bridgehead atoms. The van der Waals surface area contributed by atoms with Gasteiger partial charge in [-0.3, -0.25) is 4.79 Å². The highest BCUT2D eigenvalue weighted by Crippen LogP contribution is 2.34. The highest BCUT2D eigenvalue weighted by molar-refractivity contribution is 5.97. The Labute approximate surface area is 178 Å². The normalized spacial score (nSPS) is 10.9. The minimum atomic E-state index is -0.0780. The number of nitrogens with one attached hydrogen (secondary N) is 1. The first kappa shape index (κ1) is 21.5. The number of ether oxygens (including phenoxy) is 2. The van der Waals surface area contributed by atoms with E-state index in [4.69, 9.17) is 9.47 Å². The van der Waals surface area contributed by atoms with Crippen LogP contribution < -0.4 is 14.8 Å². The Morgan fingerprint density at radius 2 is 1.70 bits per heavy atom. The van der Waals surface area contributed by atoms with Gasteiger partial charge in [-0.05, 0) is 44.8 Å². The minimum absolute atomic E-state index is 0.0780. The summed E-state index contributed by atoms with van der Waals surface area (Å²) in [7, 11) is 7.20. The van der Waals surface area contributed by atoms with Crippen LogP contribution >= 0.6 is 0 Å². The molecule has 1 heterocycles. The van der Waals surface area contributed by atoms with Crippen LogP contribution in [-0.4, -0.2) is 56.8 Å². The molecular formula is C24H29N3O3.